The van der Waals surface area contributed by atoms with E-state index in [1.807, 2.05) is 24.3 Å². The van der Waals surface area contributed by atoms with Gasteiger partial charge in [0.1, 0.15) is 16.0 Å². The Labute approximate surface area is 109 Å². The molecule has 0 bridgehead atoms. The van der Waals surface area contributed by atoms with Crippen molar-refractivity contribution in [1.82, 2.24) is 9.94 Å². The van der Waals surface area contributed by atoms with Crippen LogP contribution < -0.4 is 4.74 Å². The molecule has 84 valence electrons. The summed E-state index contributed by atoms with van der Waals surface area (Å²) in [7, 11) is 1.61. The van der Waals surface area contributed by atoms with Gasteiger partial charge in [-0.3, -0.25) is 0 Å². The Bertz CT molecular complexity index is 508. The zero-order chi connectivity index (χ0) is 11.7. The monoisotopic (exact) mass is 346 g/mol. The zero-order valence-corrected chi connectivity index (χ0v) is 11.5. The van der Waals surface area contributed by atoms with Gasteiger partial charge in [-0.1, -0.05) is 4.85 Å². The number of ether oxygens (including phenoxy) is 1. The summed E-state index contributed by atoms with van der Waals surface area (Å²) in [6, 6.07) is 7.34. The molecule has 0 unspecified atom stereocenters. The van der Waals surface area contributed by atoms with E-state index in [-0.39, 0.29) is 0 Å². The molecule has 0 aliphatic rings. The SMILES string of the molecule is COc1ccc(-c2c(Br)c(Br)nn2O)cc1. The van der Waals surface area contributed by atoms with Gasteiger partial charge in [-0.05, 0) is 56.1 Å². The summed E-state index contributed by atoms with van der Waals surface area (Å²) in [4.78, 5) is 0.829. The van der Waals surface area contributed by atoms with Crippen LogP contribution in [0.5, 0.6) is 5.75 Å². The number of hydrogen-bond acceptors (Lipinski definition) is 3. The van der Waals surface area contributed by atoms with E-state index >= 15 is 0 Å². The fraction of sp³-hybridized carbons (Fsp3) is 0.100. The molecule has 0 fully saturated rings. The molecule has 0 aliphatic carbocycles. The lowest BCUT2D eigenvalue weighted by molar-refractivity contribution is 0.152. The van der Waals surface area contributed by atoms with Gasteiger partial charge in [0.2, 0.25) is 0 Å². The van der Waals surface area contributed by atoms with E-state index in [0.29, 0.717) is 14.8 Å². The minimum atomic E-state index is 0.556. The average molecular weight is 348 g/mol. The summed E-state index contributed by atoms with van der Waals surface area (Å²) in [6.07, 6.45) is 0. The van der Waals surface area contributed by atoms with Crippen molar-refractivity contribution in [2.24, 2.45) is 0 Å². The highest BCUT2D eigenvalue weighted by atomic mass is 79.9. The Kier molecular flexibility index (Phi) is 3.20. The highest BCUT2D eigenvalue weighted by molar-refractivity contribution is 9.13. The van der Waals surface area contributed by atoms with Crippen LogP contribution in [0.2, 0.25) is 0 Å². The average Bonchev–Trinajstić information content (AvgIpc) is 2.54. The van der Waals surface area contributed by atoms with Crippen molar-refractivity contribution in [3.05, 3.63) is 33.3 Å². The lowest BCUT2D eigenvalue weighted by atomic mass is 10.1. The topological polar surface area (TPSA) is 47.3 Å². The smallest absolute Gasteiger partial charge is 0.146 e. The van der Waals surface area contributed by atoms with Crippen LogP contribution in [0, 0.1) is 0 Å². The van der Waals surface area contributed by atoms with Gasteiger partial charge in [0.25, 0.3) is 0 Å². The van der Waals surface area contributed by atoms with Crippen LogP contribution in [-0.2, 0) is 0 Å². The van der Waals surface area contributed by atoms with Crippen molar-refractivity contribution in [3.63, 3.8) is 0 Å². The number of hydrogen-bond donors (Lipinski definition) is 1. The normalized spacial score (nSPS) is 10.4. The van der Waals surface area contributed by atoms with Crippen LogP contribution in [-0.4, -0.2) is 22.3 Å². The summed E-state index contributed by atoms with van der Waals surface area (Å²) >= 11 is 6.58. The maximum Gasteiger partial charge on any atom is 0.146 e. The molecule has 2 rings (SSSR count). The number of nitrogens with zero attached hydrogens (tertiary/aromatic N) is 2. The van der Waals surface area contributed by atoms with Crippen molar-refractivity contribution in [2.75, 3.05) is 7.11 Å². The van der Waals surface area contributed by atoms with E-state index in [1.54, 1.807) is 7.11 Å². The van der Waals surface area contributed by atoms with Crippen molar-refractivity contribution in [1.29, 1.82) is 0 Å². The highest BCUT2D eigenvalue weighted by Crippen LogP contribution is 2.33. The fourth-order valence-electron chi connectivity index (χ4n) is 1.35. The predicted molar refractivity (Wildman–Crippen MR) is 66.8 cm³/mol. The van der Waals surface area contributed by atoms with Crippen molar-refractivity contribution in [3.8, 4) is 17.0 Å². The summed E-state index contributed by atoms with van der Waals surface area (Å²) in [5, 5.41) is 13.4. The molecule has 0 spiro atoms. The van der Waals surface area contributed by atoms with Crippen LogP contribution in [0.15, 0.2) is 33.3 Å². The molecule has 1 aromatic heterocycles. The Morgan fingerprint density at radius 3 is 2.31 bits per heavy atom. The van der Waals surface area contributed by atoms with Crippen molar-refractivity contribution < 1.29 is 9.94 Å². The minimum absolute atomic E-state index is 0.556. The largest absolute Gasteiger partial charge is 0.497 e. The fourth-order valence-corrected chi connectivity index (χ4v) is 2.16. The molecule has 0 saturated heterocycles. The van der Waals surface area contributed by atoms with Crippen LogP contribution in [0.1, 0.15) is 0 Å². The second-order valence-electron chi connectivity index (χ2n) is 3.07. The Hall–Kier alpha value is -1.01. The van der Waals surface area contributed by atoms with Crippen LogP contribution >= 0.6 is 31.9 Å². The van der Waals surface area contributed by atoms with Gasteiger partial charge in [0.05, 0.1) is 11.6 Å². The van der Waals surface area contributed by atoms with E-state index in [9.17, 15) is 5.21 Å². The molecule has 0 saturated carbocycles. The molecule has 6 heteroatoms. The molecule has 2 aromatic rings. The van der Waals surface area contributed by atoms with Gasteiger partial charge in [-0.15, -0.1) is 5.10 Å². The molecule has 16 heavy (non-hydrogen) atoms. The molecule has 0 amide bonds. The first kappa shape index (κ1) is 11.5. The standard InChI is InChI=1S/C10H8Br2N2O2/c1-16-7-4-2-6(3-5-7)9-8(11)10(12)13-14(9)15/h2-5,15H,1H3. The quantitative estimate of drug-likeness (QED) is 0.848. The molecular weight excluding hydrogens is 340 g/mol. The Balaban J connectivity index is 2.50. The van der Waals surface area contributed by atoms with E-state index in [1.165, 1.54) is 0 Å². The molecule has 1 heterocycles. The third kappa shape index (κ3) is 1.94. The predicted octanol–water partition coefficient (Wildman–Crippen LogP) is 3.32. The summed E-state index contributed by atoms with van der Waals surface area (Å²) < 4.78 is 6.33. The van der Waals surface area contributed by atoms with Gasteiger partial charge in [-0.25, -0.2) is 0 Å². The molecule has 0 atom stereocenters. The number of methoxy groups -OCH3 is 1. The van der Waals surface area contributed by atoms with Crippen LogP contribution in [0.3, 0.4) is 0 Å². The summed E-state index contributed by atoms with van der Waals surface area (Å²) in [6.45, 7) is 0. The first-order valence-corrected chi connectivity index (χ1v) is 5.99. The maximum absolute atomic E-state index is 9.61. The number of aromatic nitrogens is 2. The lowest BCUT2D eigenvalue weighted by Crippen LogP contribution is -1.95. The third-order valence-corrected chi connectivity index (χ3v) is 3.97. The zero-order valence-electron chi connectivity index (χ0n) is 8.32. The second-order valence-corrected chi connectivity index (χ2v) is 4.62. The molecule has 1 N–H and O–H groups in total. The van der Waals surface area contributed by atoms with E-state index < -0.39 is 0 Å². The molecule has 1 aromatic carbocycles. The van der Waals surface area contributed by atoms with E-state index in [4.69, 9.17) is 4.74 Å². The third-order valence-electron chi connectivity index (χ3n) is 2.13. The van der Waals surface area contributed by atoms with Gasteiger partial charge >= 0.3 is 0 Å². The second kappa shape index (κ2) is 4.47. The molecule has 4 nitrogen and oxygen atoms in total. The van der Waals surface area contributed by atoms with Crippen LogP contribution in [0.25, 0.3) is 11.3 Å². The van der Waals surface area contributed by atoms with Crippen molar-refractivity contribution >= 4 is 31.9 Å². The number of rotatable bonds is 2. The molecule has 0 radical (unpaired) electrons. The summed E-state index contributed by atoms with van der Waals surface area (Å²) in [5.41, 5.74) is 1.43. The molecular formula is C10H8Br2N2O2. The highest BCUT2D eigenvalue weighted by Gasteiger charge is 2.15. The number of halogens is 2. The van der Waals surface area contributed by atoms with Gasteiger partial charge in [0, 0.05) is 5.56 Å². The maximum atomic E-state index is 9.61. The first-order valence-electron chi connectivity index (χ1n) is 4.41. The van der Waals surface area contributed by atoms with Gasteiger partial charge in [-0.2, -0.15) is 0 Å². The van der Waals surface area contributed by atoms with Crippen LogP contribution in [0.4, 0.5) is 0 Å². The number of benzene rings is 1. The minimum Gasteiger partial charge on any atom is -0.497 e. The first-order chi connectivity index (χ1) is 7.63. The molecule has 0 aliphatic heterocycles. The van der Waals surface area contributed by atoms with E-state index in [0.717, 1.165) is 16.2 Å². The Morgan fingerprint density at radius 2 is 1.88 bits per heavy atom. The lowest BCUT2D eigenvalue weighted by Gasteiger charge is -2.03. The van der Waals surface area contributed by atoms with Crippen molar-refractivity contribution in [2.45, 2.75) is 0 Å². The summed E-state index contributed by atoms with van der Waals surface area (Å²) in [5.74, 6) is 0.767. The Morgan fingerprint density at radius 1 is 1.25 bits per heavy atom. The van der Waals surface area contributed by atoms with E-state index in [2.05, 4.69) is 37.0 Å². The van der Waals surface area contributed by atoms with Gasteiger partial charge < -0.3 is 9.94 Å². The van der Waals surface area contributed by atoms with Gasteiger partial charge in [0.15, 0.2) is 0 Å².